The average molecular weight is 371 g/mol. The number of ether oxygens (including phenoxy) is 1. The fraction of sp³-hybridized carbons (Fsp3) is 0.364. The zero-order valence-electron chi connectivity index (χ0n) is 10.2. The Morgan fingerprint density at radius 3 is 2.79 bits per heavy atom. The van der Waals surface area contributed by atoms with Crippen molar-refractivity contribution in [2.24, 2.45) is 0 Å². The Balaban J connectivity index is 2.64. The zero-order valence-corrected chi connectivity index (χ0v) is 13.3. The third-order valence-electron chi connectivity index (χ3n) is 2.24. The Bertz CT molecular complexity index is 562. The van der Waals surface area contributed by atoms with Crippen molar-refractivity contribution in [3.05, 3.63) is 27.7 Å². The molecule has 0 aliphatic rings. The van der Waals surface area contributed by atoms with E-state index in [0.29, 0.717) is 15.2 Å². The molecule has 1 aromatic carbocycles. The minimum Gasteiger partial charge on any atom is -0.469 e. The van der Waals surface area contributed by atoms with Gasteiger partial charge in [0.2, 0.25) is 10.0 Å². The van der Waals surface area contributed by atoms with Crippen LogP contribution in [-0.4, -0.2) is 27.2 Å². The van der Waals surface area contributed by atoms with Gasteiger partial charge in [-0.1, -0.05) is 17.7 Å². The second kappa shape index (κ2) is 7.12. The van der Waals surface area contributed by atoms with E-state index in [1.165, 1.54) is 7.11 Å². The van der Waals surface area contributed by atoms with E-state index in [-0.39, 0.29) is 18.6 Å². The molecule has 0 aromatic heterocycles. The largest absolute Gasteiger partial charge is 0.469 e. The molecule has 8 heteroatoms. The van der Waals surface area contributed by atoms with Gasteiger partial charge in [-0.25, -0.2) is 8.42 Å². The number of benzene rings is 1. The van der Waals surface area contributed by atoms with Crippen molar-refractivity contribution in [2.75, 3.05) is 17.6 Å². The number of nitrogens with one attached hydrogen (secondary N) is 1. The maximum atomic E-state index is 11.8. The first-order chi connectivity index (χ1) is 8.85. The topological polar surface area (TPSA) is 72.5 Å². The Kier molecular flexibility index (Phi) is 6.09. The molecule has 0 heterocycles. The lowest BCUT2D eigenvalue weighted by atomic mass is 10.3. The minimum absolute atomic E-state index is 0.0636. The molecule has 0 aliphatic heterocycles. The van der Waals surface area contributed by atoms with Crippen LogP contribution in [-0.2, 0) is 19.6 Å². The van der Waals surface area contributed by atoms with Crippen LogP contribution in [0.5, 0.6) is 0 Å². The number of carbonyl (C=O) groups excluding carboxylic acids is 1. The van der Waals surface area contributed by atoms with Crippen LogP contribution in [0, 0.1) is 0 Å². The third kappa shape index (κ3) is 5.38. The Morgan fingerprint density at radius 1 is 1.47 bits per heavy atom. The molecule has 1 aromatic rings. The highest BCUT2D eigenvalue weighted by Gasteiger charge is 2.14. The molecule has 0 amide bonds. The molecule has 0 saturated heterocycles. The molecule has 0 spiro atoms. The van der Waals surface area contributed by atoms with Crippen molar-refractivity contribution < 1.29 is 17.9 Å². The van der Waals surface area contributed by atoms with Gasteiger partial charge >= 0.3 is 5.97 Å². The van der Waals surface area contributed by atoms with Crippen molar-refractivity contribution in [1.82, 2.24) is 0 Å². The molecule has 19 heavy (non-hydrogen) atoms. The van der Waals surface area contributed by atoms with Crippen LogP contribution in [0.15, 0.2) is 22.7 Å². The monoisotopic (exact) mass is 369 g/mol. The summed E-state index contributed by atoms with van der Waals surface area (Å²) < 4.78 is 30.9. The van der Waals surface area contributed by atoms with Crippen LogP contribution in [0.3, 0.4) is 0 Å². The first kappa shape index (κ1) is 16.3. The van der Waals surface area contributed by atoms with E-state index in [1.807, 2.05) is 0 Å². The SMILES string of the molecule is COC(=O)CCCS(=O)(=O)Nc1cccc(Cl)c1Br. The number of carbonyl (C=O) groups is 1. The van der Waals surface area contributed by atoms with Gasteiger partial charge < -0.3 is 4.74 Å². The van der Waals surface area contributed by atoms with Crippen LogP contribution < -0.4 is 4.72 Å². The predicted octanol–water partition coefficient (Wildman–Crippen LogP) is 2.80. The maximum absolute atomic E-state index is 11.8. The maximum Gasteiger partial charge on any atom is 0.305 e. The molecule has 5 nitrogen and oxygen atoms in total. The molecule has 0 saturated carbocycles. The number of rotatable bonds is 6. The van der Waals surface area contributed by atoms with Crippen molar-refractivity contribution in [3.8, 4) is 0 Å². The Morgan fingerprint density at radius 2 is 2.16 bits per heavy atom. The molecule has 0 bridgehead atoms. The number of esters is 1. The summed E-state index contributed by atoms with van der Waals surface area (Å²) in [6.07, 6.45) is 0.258. The van der Waals surface area contributed by atoms with Crippen molar-refractivity contribution >= 4 is 49.2 Å². The third-order valence-corrected chi connectivity index (χ3v) is 4.99. The van der Waals surface area contributed by atoms with Gasteiger partial charge in [0.05, 0.1) is 28.0 Å². The highest BCUT2D eigenvalue weighted by atomic mass is 79.9. The number of halogens is 2. The zero-order chi connectivity index (χ0) is 14.5. The van der Waals surface area contributed by atoms with Gasteiger partial charge in [-0.05, 0) is 34.5 Å². The fourth-order valence-electron chi connectivity index (χ4n) is 1.31. The van der Waals surface area contributed by atoms with Crippen LogP contribution >= 0.6 is 27.5 Å². The van der Waals surface area contributed by atoms with E-state index in [0.717, 1.165) is 0 Å². The quantitative estimate of drug-likeness (QED) is 0.782. The second-order valence-electron chi connectivity index (χ2n) is 3.70. The van der Waals surface area contributed by atoms with Gasteiger partial charge in [-0.3, -0.25) is 9.52 Å². The molecular weight excluding hydrogens is 358 g/mol. The molecule has 0 atom stereocenters. The highest BCUT2D eigenvalue weighted by molar-refractivity contribution is 9.10. The lowest BCUT2D eigenvalue weighted by Gasteiger charge is -2.10. The number of hydrogen-bond donors (Lipinski definition) is 1. The normalized spacial score (nSPS) is 11.1. The summed E-state index contributed by atoms with van der Waals surface area (Å²) in [5.41, 5.74) is 0.366. The van der Waals surface area contributed by atoms with E-state index < -0.39 is 16.0 Å². The first-order valence-electron chi connectivity index (χ1n) is 5.37. The van der Waals surface area contributed by atoms with Crippen LogP contribution in [0.4, 0.5) is 5.69 Å². The summed E-state index contributed by atoms with van der Waals surface area (Å²) in [7, 11) is -2.26. The second-order valence-corrected chi connectivity index (χ2v) is 6.74. The molecule has 0 unspecified atom stereocenters. The lowest BCUT2D eigenvalue weighted by molar-refractivity contribution is -0.140. The summed E-state index contributed by atoms with van der Waals surface area (Å²) in [6.45, 7) is 0. The molecule has 1 rings (SSSR count). The first-order valence-corrected chi connectivity index (χ1v) is 8.19. The summed E-state index contributed by atoms with van der Waals surface area (Å²) >= 11 is 9.07. The van der Waals surface area contributed by atoms with Crippen LogP contribution in [0.2, 0.25) is 5.02 Å². The summed E-state index contributed by atoms with van der Waals surface area (Å²) in [5.74, 6) is -0.597. The minimum atomic E-state index is -3.52. The van der Waals surface area contributed by atoms with E-state index in [4.69, 9.17) is 11.6 Å². The van der Waals surface area contributed by atoms with E-state index in [2.05, 4.69) is 25.4 Å². The summed E-state index contributed by atoms with van der Waals surface area (Å²) in [4.78, 5) is 10.9. The number of methoxy groups -OCH3 is 1. The molecular formula is C11H13BrClNO4S. The van der Waals surface area contributed by atoms with Crippen LogP contribution in [0.1, 0.15) is 12.8 Å². The average Bonchev–Trinajstić information content (AvgIpc) is 2.34. The number of sulfonamides is 1. The lowest BCUT2D eigenvalue weighted by Crippen LogP contribution is -2.18. The Labute approximate surface area is 125 Å². The van der Waals surface area contributed by atoms with Gasteiger partial charge in [0.15, 0.2) is 0 Å². The van der Waals surface area contributed by atoms with E-state index in [9.17, 15) is 13.2 Å². The molecule has 0 radical (unpaired) electrons. The van der Waals surface area contributed by atoms with Gasteiger partial charge in [0.25, 0.3) is 0 Å². The smallest absolute Gasteiger partial charge is 0.305 e. The molecule has 1 N–H and O–H groups in total. The van der Waals surface area contributed by atoms with Crippen molar-refractivity contribution in [1.29, 1.82) is 0 Å². The predicted molar refractivity (Wildman–Crippen MR) is 77.8 cm³/mol. The van der Waals surface area contributed by atoms with E-state index >= 15 is 0 Å². The highest BCUT2D eigenvalue weighted by Crippen LogP contribution is 2.30. The summed E-state index contributed by atoms with van der Waals surface area (Å²) in [6, 6.07) is 4.87. The van der Waals surface area contributed by atoms with Crippen molar-refractivity contribution in [2.45, 2.75) is 12.8 Å². The van der Waals surface area contributed by atoms with Gasteiger partial charge in [-0.2, -0.15) is 0 Å². The van der Waals surface area contributed by atoms with Crippen molar-refractivity contribution in [3.63, 3.8) is 0 Å². The molecule has 0 fully saturated rings. The number of anilines is 1. The van der Waals surface area contributed by atoms with Gasteiger partial charge in [0.1, 0.15) is 0 Å². The molecule has 106 valence electrons. The van der Waals surface area contributed by atoms with E-state index in [1.54, 1.807) is 18.2 Å². The fourth-order valence-corrected chi connectivity index (χ4v) is 3.11. The standard InChI is InChI=1S/C11H13BrClNO4S/c1-18-10(15)6-3-7-19(16,17)14-9-5-2-4-8(13)11(9)12/h2,4-5,14H,3,6-7H2,1H3. The molecule has 0 aliphatic carbocycles. The van der Waals surface area contributed by atoms with Gasteiger partial charge in [0, 0.05) is 6.42 Å². The number of hydrogen-bond acceptors (Lipinski definition) is 4. The van der Waals surface area contributed by atoms with Crippen LogP contribution in [0.25, 0.3) is 0 Å². The Hall–Kier alpha value is -0.790. The summed E-state index contributed by atoms with van der Waals surface area (Å²) in [5, 5.41) is 0.412. The van der Waals surface area contributed by atoms with Gasteiger partial charge in [-0.15, -0.1) is 0 Å².